The van der Waals surface area contributed by atoms with Crippen LogP contribution in [0.3, 0.4) is 0 Å². The normalized spacial score (nSPS) is 16.7. The van der Waals surface area contributed by atoms with Crippen LogP contribution < -0.4 is 9.64 Å². The van der Waals surface area contributed by atoms with E-state index in [0.717, 1.165) is 5.56 Å². The fourth-order valence-electron chi connectivity index (χ4n) is 3.55. The highest BCUT2D eigenvalue weighted by Crippen LogP contribution is 2.39. The Balaban J connectivity index is 1.90. The van der Waals surface area contributed by atoms with E-state index in [1.807, 2.05) is 12.1 Å². The van der Waals surface area contributed by atoms with Gasteiger partial charge in [0.05, 0.1) is 30.3 Å². The number of sulfone groups is 1. The number of benzene rings is 2. The average molecular weight is 476 g/mol. The number of rotatable bonds is 7. The van der Waals surface area contributed by atoms with Crippen LogP contribution in [0.25, 0.3) is 0 Å². The monoisotopic (exact) mass is 475 g/mol. The van der Waals surface area contributed by atoms with Crippen molar-refractivity contribution in [2.45, 2.75) is 56.3 Å². The maximum Gasteiger partial charge on any atom is 0.242 e. The predicted molar refractivity (Wildman–Crippen MR) is 130 cm³/mol. The highest BCUT2D eigenvalue weighted by atomic mass is 32.2. The number of fused-ring (bicyclic) bond motifs is 1. The van der Waals surface area contributed by atoms with Gasteiger partial charge >= 0.3 is 0 Å². The van der Waals surface area contributed by atoms with Crippen molar-refractivity contribution >= 4 is 29.7 Å². The van der Waals surface area contributed by atoms with E-state index >= 15 is 0 Å². The molecule has 1 aliphatic heterocycles. The molecule has 2 aromatic carbocycles. The van der Waals surface area contributed by atoms with Crippen molar-refractivity contribution < 1.29 is 22.4 Å². The Kier molecular flexibility index (Phi) is 6.88. The summed E-state index contributed by atoms with van der Waals surface area (Å²) in [6, 6.07) is 13.4. The van der Waals surface area contributed by atoms with E-state index in [0.29, 0.717) is 24.5 Å². The van der Waals surface area contributed by atoms with Crippen LogP contribution >= 0.6 is 0 Å². The van der Waals surface area contributed by atoms with Crippen molar-refractivity contribution in [1.29, 1.82) is 0 Å². The van der Waals surface area contributed by atoms with Crippen molar-refractivity contribution in [2.75, 3.05) is 24.4 Å². The van der Waals surface area contributed by atoms with Crippen molar-refractivity contribution in [2.24, 2.45) is 0 Å². The Hall–Kier alpha value is -2.16. The van der Waals surface area contributed by atoms with Crippen LogP contribution in [0.15, 0.2) is 53.4 Å². The summed E-state index contributed by atoms with van der Waals surface area (Å²) in [5.74, 6) is -0.423. The summed E-state index contributed by atoms with van der Waals surface area (Å²) in [6.07, 6.45) is 0.616. The van der Waals surface area contributed by atoms with Gasteiger partial charge in [-0.25, -0.2) is 8.42 Å². The lowest BCUT2D eigenvalue weighted by Gasteiger charge is -2.38. The van der Waals surface area contributed by atoms with Gasteiger partial charge < -0.3 is 14.1 Å². The molecule has 32 heavy (non-hydrogen) atoms. The summed E-state index contributed by atoms with van der Waals surface area (Å²) in [6.45, 7) is 11.2. The van der Waals surface area contributed by atoms with Gasteiger partial charge in [-0.15, -0.1) is 0 Å². The largest absolute Gasteiger partial charge is 0.497 e. The zero-order valence-corrected chi connectivity index (χ0v) is 21.5. The Labute approximate surface area is 192 Å². The van der Waals surface area contributed by atoms with E-state index in [1.165, 1.54) is 12.1 Å². The van der Waals surface area contributed by atoms with Gasteiger partial charge in [-0.3, -0.25) is 4.79 Å². The molecule has 8 heteroatoms. The predicted octanol–water partition coefficient (Wildman–Crippen LogP) is 4.45. The fraction of sp³-hybridized carbons (Fsp3) is 0.458. The van der Waals surface area contributed by atoms with E-state index in [2.05, 4.69) is 33.9 Å². The number of anilines is 1. The standard InChI is InChI=1S/C24H33NO5SSi/c1-24(2,3)32(5,6)30-16-19-14-18-12-13-20(29-4)15-22(18)25(19)23(26)17-31(27,28)21-10-8-7-9-11-21/h7-13,15,19H,14,16-17H2,1-6H3. The molecule has 0 radical (unpaired) electrons. The lowest BCUT2D eigenvalue weighted by molar-refractivity contribution is -0.116. The second-order valence-corrected chi connectivity index (χ2v) is 16.6. The van der Waals surface area contributed by atoms with Gasteiger partial charge in [0.15, 0.2) is 18.2 Å². The van der Waals surface area contributed by atoms with E-state index in [9.17, 15) is 13.2 Å². The molecule has 0 spiro atoms. The first-order valence-electron chi connectivity index (χ1n) is 10.8. The Morgan fingerprint density at radius 1 is 1.12 bits per heavy atom. The van der Waals surface area contributed by atoms with E-state index in [4.69, 9.17) is 9.16 Å². The van der Waals surface area contributed by atoms with Gasteiger partial charge in [0.2, 0.25) is 5.91 Å². The zero-order chi connectivity index (χ0) is 23.7. The lowest BCUT2D eigenvalue weighted by Crippen LogP contribution is -2.48. The van der Waals surface area contributed by atoms with E-state index in [-0.39, 0.29) is 16.0 Å². The molecular weight excluding hydrogens is 442 g/mol. The van der Waals surface area contributed by atoms with Crippen LogP contribution in [0.5, 0.6) is 5.75 Å². The summed E-state index contributed by atoms with van der Waals surface area (Å²) >= 11 is 0. The minimum absolute atomic E-state index is 0.0349. The van der Waals surface area contributed by atoms with Gasteiger partial charge in [-0.2, -0.15) is 0 Å². The minimum Gasteiger partial charge on any atom is -0.497 e. The van der Waals surface area contributed by atoms with Crippen LogP contribution in [0.2, 0.25) is 18.1 Å². The summed E-state index contributed by atoms with van der Waals surface area (Å²) in [5.41, 5.74) is 1.68. The number of nitrogens with zero attached hydrogens (tertiary/aromatic N) is 1. The summed E-state index contributed by atoms with van der Waals surface area (Å²) < 4.78 is 37.6. The first-order valence-corrected chi connectivity index (χ1v) is 15.3. The van der Waals surface area contributed by atoms with E-state index in [1.54, 1.807) is 36.3 Å². The molecular formula is C24H33NO5SSi. The van der Waals surface area contributed by atoms with E-state index < -0.39 is 29.8 Å². The molecule has 0 saturated carbocycles. The Morgan fingerprint density at radius 3 is 2.38 bits per heavy atom. The summed E-state index contributed by atoms with van der Waals surface area (Å²) in [7, 11) is -4.23. The van der Waals surface area contributed by atoms with Crippen LogP contribution in [0.4, 0.5) is 5.69 Å². The van der Waals surface area contributed by atoms with Gasteiger partial charge in [0.1, 0.15) is 11.5 Å². The number of ether oxygens (including phenoxy) is 1. The van der Waals surface area contributed by atoms with Crippen LogP contribution in [-0.4, -0.2) is 48.2 Å². The Bertz CT molecular complexity index is 1080. The lowest BCUT2D eigenvalue weighted by atomic mass is 10.1. The summed E-state index contributed by atoms with van der Waals surface area (Å²) in [5, 5.41) is 0.0349. The maximum absolute atomic E-state index is 13.4. The molecule has 0 fully saturated rings. The Morgan fingerprint density at radius 2 is 1.78 bits per heavy atom. The molecule has 6 nitrogen and oxygen atoms in total. The third kappa shape index (κ3) is 5.08. The maximum atomic E-state index is 13.4. The first kappa shape index (κ1) is 24.5. The van der Waals surface area contributed by atoms with Crippen LogP contribution in [0.1, 0.15) is 26.3 Å². The molecule has 0 aromatic heterocycles. The first-order chi connectivity index (χ1) is 14.9. The fourth-order valence-corrected chi connectivity index (χ4v) is 5.79. The molecule has 2 aromatic rings. The number of methoxy groups -OCH3 is 1. The van der Waals surface area contributed by atoms with Crippen molar-refractivity contribution in [3.8, 4) is 5.75 Å². The third-order valence-electron chi connectivity index (χ3n) is 6.50. The van der Waals surface area contributed by atoms with Gasteiger partial charge in [-0.05, 0) is 48.3 Å². The molecule has 0 N–H and O–H groups in total. The number of hydrogen-bond acceptors (Lipinski definition) is 5. The van der Waals surface area contributed by atoms with Gasteiger partial charge in [0, 0.05) is 6.07 Å². The molecule has 1 atom stereocenters. The van der Waals surface area contributed by atoms with Crippen LogP contribution in [-0.2, 0) is 25.5 Å². The zero-order valence-electron chi connectivity index (χ0n) is 19.7. The number of hydrogen-bond donors (Lipinski definition) is 0. The second kappa shape index (κ2) is 9.00. The smallest absolute Gasteiger partial charge is 0.242 e. The molecule has 1 aliphatic rings. The molecule has 0 bridgehead atoms. The molecule has 0 aliphatic carbocycles. The second-order valence-electron chi connectivity index (χ2n) is 9.76. The molecule has 1 amide bonds. The minimum atomic E-state index is -3.76. The number of carbonyl (C=O) groups excluding carboxylic acids is 1. The molecule has 1 unspecified atom stereocenters. The summed E-state index contributed by atoms with van der Waals surface area (Å²) in [4.78, 5) is 15.1. The molecule has 1 heterocycles. The molecule has 0 saturated heterocycles. The van der Waals surface area contributed by atoms with Gasteiger partial charge in [-0.1, -0.05) is 45.0 Å². The number of amides is 1. The number of carbonyl (C=O) groups is 1. The third-order valence-corrected chi connectivity index (χ3v) is 12.6. The highest BCUT2D eigenvalue weighted by molar-refractivity contribution is 7.92. The highest BCUT2D eigenvalue weighted by Gasteiger charge is 2.41. The topological polar surface area (TPSA) is 72.9 Å². The SMILES string of the molecule is COc1ccc2c(c1)N(C(=O)CS(=O)(=O)c1ccccc1)C(CO[Si](C)(C)C(C)(C)C)C2. The average Bonchev–Trinajstić information content (AvgIpc) is 3.09. The van der Waals surface area contributed by atoms with Crippen molar-refractivity contribution in [3.63, 3.8) is 0 Å². The van der Waals surface area contributed by atoms with Crippen molar-refractivity contribution in [3.05, 3.63) is 54.1 Å². The molecule has 174 valence electrons. The van der Waals surface area contributed by atoms with Crippen molar-refractivity contribution in [1.82, 2.24) is 0 Å². The van der Waals surface area contributed by atoms with Gasteiger partial charge in [0.25, 0.3) is 0 Å². The van der Waals surface area contributed by atoms with Crippen LogP contribution in [0, 0.1) is 0 Å². The quantitative estimate of drug-likeness (QED) is 0.553. The molecule has 3 rings (SSSR count).